The molecule has 10 heteroatoms. The van der Waals surface area contributed by atoms with Crippen molar-refractivity contribution in [1.29, 1.82) is 0 Å². The molecule has 0 aliphatic carbocycles. The Morgan fingerprint density at radius 1 is 1.10 bits per heavy atom. The second-order valence-corrected chi connectivity index (χ2v) is 6.65. The second-order valence-electron chi connectivity index (χ2n) is 5.73. The van der Waals surface area contributed by atoms with E-state index in [0.29, 0.717) is 18.0 Å². The van der Waals surface area contributed by atoms with E-state index in [-0.39, 0.29) is 22.6 Å². The number of hydrogen-bond acceptors (Lipinski definition) is 7. The molecule has 0 saturated carbocycles. The summed E-state index contributed by atoms with van der Waals surface area (Å²) >= 11 is 1.10. The van der Waals surface area contributed by atoms with Crippen LogP contribution in [0.15, 0.2) is 58.2 Å². The predicted molar refractivity (Wildman–Crippen MR) is 103 cm³/mol. The highest BCUT2D eigenvalue weighted by molar-refractivity contribution is 7.99. The molecule has 29 heavy (non-hydrogen) atoms. The number of amides is 1. The standard InChI is InChI=1S/C19H17F2N3O4S/c1-26-14-6-2-12(3-7-14)10-17-23-24-19(28-17)29-11-16(25)22-13-4-8-15(9-5-13)27-18(20)21/h2-9,18H,10-11H2,1H3,(H,22,25). The van der Waals surface area contributed by atoms with Crippen molar-refractivity contribution in [2.24, 2.45) is 0 Å². The number of hydrogen-bond donors (Lipinski definition) is 1. The van der Waals surface area contributed by atoms with E-state index < -0.39 is 6.61 Å². The fourth-order valence-corrected chi connectivity index (χ4v) is 2.91. The first-order chi connectivity index (χ1) is 14.0. The maximum Gasteiger partial charge on any atom is 0.387 e. The molecule has 0 atom stereocenters. The summed E-state index contributed by atoms with van der Waals surface area (Å²) in [6, 6.07) is 13.1. The fourth-order valence-electron chi connectivity index (χ4n) is 2.33. The van der Waals surface area contributed by atoms with E-state index >= 15 is 0 Å². The van der Waals surface area contributed by atoms with Gasteiger partial charge >= 0.3 is 6.61 Å². The number of ether oxygens (including phenoxy) is 2. The number of carbonyl (C=O) groups is 1. The Kier molecular flexibility index (Phi) is 7.01. The van der Waals surface area contributed by atoms with Crippen molar-refractivity contribution in [2.45, 2.75) is 18.3 Å². The molecule has 3 rings (SSSR count). The Hall–Kier alpha value is -3.14. The molecule has 0 fully saturated rings. The largest absolute Gasteiger partial charge is 0.497 e. The van der Waals surface area contributed by atoms with Crippen LogP contribution in [0.3, 0.4) is 0 Å². The van der Waals surface area contributed by atoms with E-state index in [0.717, 1.165) is 23.1 Å². The molecule has 0 aliphatic heterocycles. The van der Waals surface area contributed by atoms with E-state index in [1.165, 1.54) is 24.3 Å². The average molecular weight is 421 g/mol. The van der Waals surface area contributed by atoms with Gasteiger partial charge in [0.15, 0.2) is 0 Å². The second kappa shape index (κ2) is 9.87. The van der Waals surface area contributed by atoms with Gasteiger partial charge in [-0.05, 0) is 42.0 Å². The quantitative estimate of drug-likeness (QED) is 0.523. The lowest BCUT2D eigenvalue weighted by molar-refractivity contribution is -0.113. The molecule has 152 valence electrons. The van der Waals surface area contributed by atoms with Crippen LogP contribution in [0.25, 0.3) is 0 Å². The van der Waals surface area contributed by atoms with Crippen LogP contribution in [-0.2, 0) is 11.2 Å². The third-order valence-electron chi connectivity index (χ3n) is 3.65. The number of halogens is 2. The summed E-state index contributed by atoms with van der Waals surface area (Å²) in [4.78, 5) is 12.0. The maximum absolute atomic E-state index is 12.1. The van der Waals surface area contributed by atoms with Gasteiger partial charge in [0.05, 0.1) is 19.3 Å². The molecular formula is C19H17F2N3O4S. The molecule has 2 aromatic carbocycles. The van der Waals surface area contributed by atoms with Crippen molar-refractivity contribution in [1.82, 2.24) is 10.2 Å². The first kappa shape index (κ1) is 20.6. The van der Waals surface area contributed by atoms with Gasteiger partial charge in [0, 0.05) is 5.69 Å². The molecule has 1 aromatic heterocycles. The molecule has 0 aliphatic rings. The van der Waals surface area contributed by atoms with E-state index in [1.54, 1.807) is 7.11 Å². The van der Waals surface area contributed by atoms with Gasteiger partial charge in [-0.3, -0.25) is 4.79 Å². The Labute approximate surface area is 169 Å². The van der Waals surface area contributed by atoms with Crippen molar-refractivity contribution in [2.75, 3.05) is 18.2 Å². The highest BCUT2D eigenvalue weighted by Gasteiger charge is 2.11. The first-order valence-electron chi connectivity index (χ1n) is 8.44. The minimum atomic E-state index is -2.89. The topological polar surface area (TPSA) is 86.5 Å². The number of thioether (sulfide) groups is 1. The van der Waals surface area contributed by atoms with Crippen molar-refractivity contribution in [3.05, 3.63) is 60.0 Å². The van der Waals surface area contributed by atoms with Gasteiger partial charge in [-0.1, -0.05) is 23.9 Å². The van der Waals surface area contributed by atoms with Crippen LogP contribution in [0.2, 0.25) is 0 Å². The highest BCUT2D eigenvalue weighted by atomic mass is 32.2. The summed E-state index contributed by atoms with van der Waals surface area (Å²) < 4.78 is 39.2. The number of nitrogens with one attached hydrogen (secondary N) is 1. The zero-order chi connectivity index (χ0) is 20.6. The predicted octanol–water partition coefficient (Wildman–Crippen LogP) is 4.00. The molecule has 0 bridgehead atoms. The number of rotatable bonds is 9. The summed E-state index contributed by atoms with van der Waals surface area (Å²) in [5, 5.41) is 10.8. The Bertz CT molecular complexity index is 933. The summed E-state index contributed by atoms with van der Waals surface area (Å²) in [6.45, 7) is -2.89. The maximum atomic E-state index is 12.1. The molecular weight excluding hydrogens is 404 g/mol. The molecule has 3 aromatic rings. The van der Waals surface area contributed by atoms with Gasteiger partial charge in [0.25, 0.3) is 5.22 Å². The number of carbonyl (C=O) groups excluding carboxylic acids is 1. The summed E-state index contributed by atoms with van der Waals surface area (Å²) in [5.74, 6) is 0.972. The van der Waals surface area contributed by atoms with Crippen LogP contribution in [0, 0.1) is 0 Å². The Balaban J connectivity index is 1.46. The van der Waals surface area contributed by atoms with Crippen LogP contribution in [0.1, 0.15) is 11.5 Å². The molecule has 0 spiro atoms. The molecule has 7 nitrogen and oxygen atoms in total. The van der Waals surface area contributed by atoms with E-state index in [4.69, 9.17) is 9.15 Å². The average Bonchev–Trinajstić information content (AvgIpc) is 3.15. The van der Waals surface area contributed by atoms with Gasteiger partial charge < -0.3 is 19.2 Å². The van der Waals surface area contributed by atoms with Crippen LogP contribution in [-0.4, -0.2) is 35.6 Å². The number of alkyl halides is 2. The van der Waals surface area contributed by atoms with Gasteiger partial charge in [-0.2, -0.15) is 8.78 Å². The number of anilines is 1. The fraction of sp³-hybridized carbons (Fsp3) is 0.211. The number of nitrogens with zero attached hydrogens (tertiary/aromatic N) is 2. The SMILES string of the molecule is COc1ccc(Cc2nnc(SCC(=O)Nc3ccc(OC(F)F)cc3)o2)cc1. The lowest BCUT2D eigenvalue weighted by Gasteiger charge is -2.06. The normalized spacial score (nSPS) is 10.8. The molecule has 0 saturated heterocycles. The molecule has 1 N–H and O–H groups in total. The van der Waals surface area contributed by atoms with E-state index in [9.17, 15) is 13.6 Å². The molecule has 0 radical (unpaired) electrons. The van der Waals surface area contributed by atoms with E-state index in [2.05, 4.69) is 20.3 Å². The van der Waals surface area contributed by atoms with Crippen LogP contribution >= 0.6 is 11.8 Å². The summed E-state index contributed by atoms with van der Waals surface area (Å²) in [6.07, 6.45) is 0.469. The molecule has 0 unspecified atom stereocenters. The monoisotopic (exact) mass is 421 g/mol. The summed E-state index contributed by atoms with van der Waals surface area (Å²) in [7, 11) is 1.60. The minimum absolute atomic E-state index is 0.0163. The van der Waals surface area contributed by atoms with Gasteiger partial charge in [-0.25, -0.2) is 0 Å². The number of aromatic nitrogens is 2. The van der Waals surface area contributed by atoms with Crippen LogP contribution in [0.4, 0.5) is 14.5 Å². The van der Waals surface area contributed by atoms with Crippen molar-refractivity contribution in [3.63, 3.8) is 0 Å². The zero-order valence-electron chi connectivity index (χ0n) is 15.3. The van der Waals surface area contributed by atoms with Crippen molar-refractivity contribution in [3.8, 4) is 11.5 Å². The lowest BCUT2D eigenvalue weighted by Crippen LogP contribution is -2.14. The third kappa shape index (κ3) is 6.46. The smallest absolute Gasteiger partial charge is 0.387 e. The van der Waals surface area contributed by atoms with Crippen molar-refractivity contribution < 1.29 is 27.5 Å². The Morgan fingerprint density at radius 3 is 2.45 bits per heavy atom. The number of methoxy groups -OCH3 is 1. The lowest BCUT2D eigenvalue weighted by atomic mass is 10.1. The van der Waals surface area contributed by atoms with Gasteiger partial charge in [-0.15, -0.1) is 10.2 Å². The minimum Gasteiger partial charge on any atom is -0.497 e. The van der Waals surface area contributed by atoms with E-state index in [1.807, 2.05) is 24.3 Å². The van der Waals surface area contributed by atoms with Crippen molar-refractivity contribution >= 4 is 23.4 Å². The highest BCUT2D eigenvalue weighted by Crippen LogP contribution is 2.21. The summed E-state index contributed by atoms with van der Waals surface area (Å²) in [5.41, 5.74) is 1.45. The number of benzene rings is 2. The third-order valence-corrected chi connectivity index (χ3v) is 4.47. The van der Waals surface area contributed by atoms with Gasteiger partial charge in [0.1, 0.15) is 11.5 Å². The van der Waals surface area contributed by atoms with Crippen LogP contribution < -0.4 is 14.8 Å². The first-order valence-corrected chi connectivity index (χ1v) is 9.43. The van der Waals surface area contributed by atoms with Gasteiger partial charge in [0.2, 0.25) is 11.8 Å². The zero-order valence-corrected chi connectivity index (χ0v) is 16.1. The molecule has 1 amide bonds. The molecule has 1 heterocycles. The Morgan fingerprint density at radius 2 is 1.79 bits per heavy atom. The van der Waals surface area contributed by atoms with Crippen LogP contribution in [0.5, 0.6) is 11.5 Å².